The third-order valence-electron chi connectivity index (χ3n) is 5.28. The lowest BCUT2D eigenvalue weighted by Crippen LogP contribution is -2.42. The molecule has 28 heavy (non-hydrogen) atoms. The number of aryl methyl sites for hydroxylation is 1. The third kappa shape index (κ3) is 4.58. The Morgan fingerprint density at radius 2 is 2.11 bits per heavy atom. The minimum absolute atomic E-state index is 0.0466. The molecule has 1 aromatic carbocycles. The fourth-order valence-corrected chi connectivity index (χ4v) is 3.79. The van der Waals surface area contributed by atoms with Crippen molar-refractivity contribution in [1.82, 2.24) is 20.2 Å². The van der Waals surface area contributed by atoms with Crippen LogP contribution < -0.4 is 5.32 Å². The third-order valence-corrected chi connectivity index (χ3v) is 5.28. The second-order valence-electron chi connectivity index (χ2n) is 7.44. The monoisotopic (exact) mass is 378 g/mol. The summed E-state index contributed by atoms with van der Waals surface area (Å²) in [6.45, 7) is 2.65. The number of nitrogens with zero attached hydrogens (tertiary/aromatic N) is 2. The lowest BCUT2D eigenvalue weighted by molar-refractivity contribution is -0.121. The van der Waals surface area contributed by atoms with Gasteiger partial charge in [-0.1, -0.05) is 24.3 Å². The van der Waals surface area contributed by atoms with Gasteiger partial charge in [0.05, 0.1) is 17.1 Å². The number of amides is 1. The molecular weight excluding hydrogens is 352 g/mol. The molecule has 0 aliphatic carbocycles. The van der Waals surface area contributed by atoms with E-state index in [0.717, 1.165) is 36.2 Å². The van der Waals surface area contributed by atoms with E-state index in [-0.39, 0.29) is 12.5 Å². The van der Waals surface area contributed by atoms with Crippen molar-refractivity contribution in [3.05, 3.63) is 65.5 Å². The van der Waals surface area contributed by atoms with Gasteiger partial charge in [0.2, 0.25) is 5.91 Å². The summed E-state index contributed by atoms with van der Waals surface area (Å²) in [7, 11) is 0. The van der Waals surface area contributed by atoms with E-state index in [2.05, 4.69) is 44.5 Å². The van der Waals surface area contributed by atoms with E-state index < -0.39 is 6.10 Å². The smallest absolute Gasteiger partial charge is 0.220 e. The number of rotatable bonds is 7. The standard InChI is InChI=1S/C22H26N4O2/c27-19(15-26-11-9-16-4-1-2-5-17(16)14-26)13-24-22(28)8-7-18-12-21-20(25-18)6-3-10-23-21/h1-6,10,12,19,25,27H,7-9,11,13-15H2,(H,24,28)/t19-/m1/s1. The van der Waals surface area contributed by atoms with Crippen LogP contribution in [0.25, 0.3) is 11.0 Å². The molecule has 0 unspecified atom stereocenters. The second-order valence-corrected chi connectivity index (χ2v) is 7.44. The van der Waals surface area contributed by atoms with Gasteiger partial charge in [0.15, 0.2) is 0 Å². The number of hydrogen-bond donors (Lipinski definition) is 3. The fourth-order valence-electron chi connectivity index (χ4n) is 3.79. The topological polar surface area (TPSA) is 81.2 Å². The number of carbonyl (C=O) groups is 1. The Morgan fingerprint density at radius 1 is 1.25 bits per heavy atom. The van der Waals surface area contributed by atoms with Crippen LogP contribution in [0.1, 0.15) is 23.2 Å². The lowest BCUT2D eigenvalue weighted by atomic mass is 10.00. The molecule has 4 rings (SSSR count). The molecule has 3 aromatic rings. The van der Waals surface area contributed by atoms with Crippen LogP contribution in [0.2, 0.25) is 0 Å². The lowest BCUT2D eigenvalue weighted by Gasteiger charge is -2.30. The van der Waals surface area contributed by atoms with Crippen molar-refractivity contribution >= 4 is 16.9 Å². The van der Waals surface area contributed by atoms with Crippen LogP contribution in [0.5, 0.6) is 0 Å². The van der Waals surface area contributed by atoms with Crippen LogP contribution >= 0.6 is 0 Å². The molecule has 2 aromatic heterocycles. The molecule has 6 heteroatoms. The summed E-state index contributed by atoms with van der Waals surface area (Å²) < 4.78 is 0. The van der Waals surface area contributed by atoms with Gasteiger partial charge in [-0.05, 0) is 42.2 Å². The van der Waals surface area contributed by atoms with Crippen LogP contribution in [0.3, 0.4) is 0 Å². The maximum absolute atomic E-state index is 12.1. The first-order chi connectivity index (χ1) is 13.7. The number of pyridine rings is 1. The predicted molar refractivity (Wildman–Crippen MR) is 109 cm³/mol. The van der Waals surface area contributed by atoms with Crippen molar-refractivity contribution in [2.45, 2.75) is 31.9 Å². The van der Waals surface area contributed by atoms with Gasteiger partial charge in [-0.3, -0.25) is 14.7 Å². The molecule has 0 radical (unpaired) electrons. The van der Waals surface area contributed by atoms with Gasteiger partial charge in [-0.25, -0.2) is 0 Å². The van der Waals surface area contributed by atoms with E-state index in [1.165, 1.54) is 11.1 Å². The number of aliphatic hydroxyl groups is 1. The zero-order valence-electron chi connectivity index (χ0n) is 15.9. The Labute approximate surface area is 164 Å². The fraction of sp³-hybridized carbons (Fsp3) is 0.364. The number of nitrogens with one attached hydrogen (secondary N) is 2. The van der Waals surface area contributed by atoms with Crippen molar-refractivity contribution in [2.24, 2.45) is 0 Å². The van der Waals surface area contributed by atoms with Crippen LogP contribution in [0.15, 0.2) is 48.7 Å². The number of benzene rings is 1. The zero-order valence-corrected chi connectivity index (χ0v) is 15.9. The molecule has 1 aliphatic heterocycles. The maximum atomic E-state index is 12.1. The van der Waals surface area contributed by atoms with Gasteiger partial charge < -0.3 is 15.4 Å². The van der Waals surface area contributed by atoms with Gasteiger partial charge in [0.25, 0.3) is 0 Å². The molecular formula is C22H26N4O2. The summed E-state index contributed by atoms with van der Waals surface area (Å²) in [5, 5.41) is 13.2. The molecule has 1 amide bonds. The molecule has 0 saturated carbocycles. The van der Waals surface area contributed by atoms with Gasteiger partial charge in [-0.15, -0.1) is 0 Å². The quantitative estimate of drug-likeness (QED) is 0.588. The minimum atomic E-state index is -0.563. The summed E-state index contributed by atoms with van der Waals surface area (Å²) in [5.41, 5.74) is 5.62. The second kappa shape index (κ2) is 8.54. The Bertz CT molecular complexity index is 919. The predicted octanol–water partition coefficient (Wildman–Crippen LogP) is 2.03. The molecule has 0 bridgehead atoms. The Balaban J connectivity index is 1.19. The average molecular weight is 378 g/mol. The van der Waals surface area contributed by atoms with E-state index in [1.807, 2.05) is 18.2 Å². The first kappa shape index (κ1) is 18.7. The number of carbonyl (C=O) groups excluding carboxylic acids is 1. The number of H-pyrrole nitrogens is 1. The van der Waals surface area contributed by atoms with Gasteiger partial charge in [-0.2, -0.15) is 0 Å². The molecule has 1 atom stereocenters. The summed E-state index contributed by atoms with van der Waals surface area (Å²) in [6, 6.07) is 14.3. The van der Waals surface area contributed by atoms with Crippen molar-refractivity contribution in [3.8, 4) is 0 Å². The first-order valence-electron chi connectivity index (χ1n) is 9.84. The number of fused-ring (bicyclic) bond motifs is 2. The molecule has 6 nitrogen and oxygen atoms in total. The van der Waals surface area contributed by atoms with Crippen molar-refractivity contribution in [2.75, 3.05) is 19.6 Å². The summed E-state index contributed by atoms with van der Waals surface area (Å²) in [5.74, 6) is -0.0466. The Kier molecular flexibility index (Phi) is 5.69. The summed E-state index contributed by atoms with van der Waals surface area (Å²) in [6.07, 6.45) is 3.22. The SMILES string of the molecule is O=C(CCc1cc2ncccc2[nH]1)NC[C@@H](O)CN1CCc2ccccc2C1. The Hall–Kier alpha value is -2.70. The van der Waals surface area contributed by atoms with Gasteiger partial charge >= 0.3 is 0 Å². The van der Waals surface area contributed by atoms with Crippen LogP contribution in [-0.2, 0) is 24.2 Å². The molecule has 0 spiro atoms. The van der Waals surface area contributed by atoms with E-state index in [0.29, 0.717) is 19.4 Å². The largest absolute Gasteiger partial charge is 0.390 e. The number of aromatic amines is 1. The maximum Gasteiger partial charge on any atom is 0.220 e. The molecule has 0 fully saturated rings. The zero-order chi connectivity index (χ0) is 19.3. The summed E-state index contributed by atoms with van der Waals surface area (Å²) >= 11 is 0. The van der Waals surface area contributed by atoms with Gasteiger partial charge in [0, 0.05) is 44.5 Å². The molecule has 1 aliphatic rings. The van der Waals surface area contributed by atoms with Crippen molar-refractivity contribution in [1.29, 1.82) is 0 Å². The number of aromatic nitrogens is 2. The first-order valence-corrected chi connectivity index (χ1v) is 9.84. The minimum Gasteiger partial charge on any atom is -0.390 e. The number of hydrogen-bond acceptors (Lipinski definition) is 4. The highest BCUT2D eigenvalue weighted by atomic mass is 16.3. The van der Waals surface area contributed by atoms with E-state index in [9.17, 15) is 9.90 Å². The van der Waals surface area contributed by atoms with E-state index in [4.69, 9.17) is 0 Å². The van der Waals surface area contributed by atoms with Crippen LogP contribution in [-0.4, -0.2) is 51.6 Å². The normalized spacial score (nSPS) is 15.3. The molecule has 0 saturated heterocycles. The van der Waals surface area contributed by atoms with E-state index in [1.54, 1.807) is 6.20 Å². The highest BCUT2D eigenvalue weighted by Gasteiger charge is 2.18. The summed E-state index contributed by atoms with van der Waals surface area (Å²) in [4.78, 5) is 21.9. The molecule has 3 N–H and O–H groups in total. The average Bonchev–Trinajstić information content (AvgIpc) is 3.14. The van der Waals surface area contributed by atoms with Crippen molar-refractivity contribution in [3.63, 3.8) is 0 Å². The van der Waals surface area contributed by atoms with E-state index >= 15 is 0 Å². The number of β-amino-alcohol motifs (C(OH)–C–C–N with tert-alkyl or cyclic N) is 1. The van der Waals surface area contributed by atoms with Gasteiger partial charge in [0.1, 0.15) is 0 Å². The number of aliphatic hydroxyl groups excluding tert-OH is 1. The highest BCUT2D eigenvalue weighted by Crippen LogP contribution is 2.18. The molecule has 3 heterocycles. The van der Waals surface area contributed by atoms with Crippen molar-refractivity contribution < 1.29 is 9.90 Å². The van der Waals surface area contributed by atoms with Crippen LogP contribution in [0.4, 0.5) is 0 Å². The Morgan fingerprint density at radius 3 is 2.96 bits per heavy atom. The molecule has 146 valence electrons. The highest BCUT2D eigenvalue weighted by molar-refractivity contribution is 5.78. The van der Waals surface area contributed by atoms with Crippen LogP contribution in [0, 0.1) is 0 Å².